The minimum absolute atomic E-state index is 0.0744. The lowest BCUT2D eigenvalue weighted by Gasteiger charge is -2.20. The summed E-state index contributed by atoms with van der Waals surface area (Å²) in [4.78, 5) is 16.1. The van der Waals surface area contributed by atoms with Gasteiger partial charge in [-0.25, -0.2) is 9.78 Å². The molecule has 3 N–H and O–H groups in total. The zero-order valence-electron chi connectivity index (χ0n) is 8.15. The van der Waals surface area contributed by atoms with Crippen molar-refractivity contribution in [2.75, 3.05) is 6.54 Å². The number of rotatable bonds is 2. The quantitative estimate of drug-likeness (QED) is 0.678. The smallest absolute Gasteiger partial charge is 0.407 e. The molecule has 0 radical (unpaired) electrons. The van der Waals surface area contributed by atoms with Gasteiger partial charge in [0.25, 0.3) is 0 Å². The van der Waals surface area contributed by atoms with Crippen molar-refractivity contribution in [3.05, 3.63) is 12.7 Å². The molecule has 15 heavy (non-hydrogen) atoms. The maximum absolute atomic E-state index is 10.9. The molecule has 1 fully saturated rings. The van der Waals surface area contributed by atoms with Crippen molar-refractivity contribution in [3.8, 4) is 0 Å². The lowest BCUT2D eigenvalue weighted by Crippen LogP contribution is -2.37. The first-order chi connectivity index (χ1) is 7.16. The number of likely N-dealkylation sites (tertiary alicyclic amines) is 1. The highest BCUT2D eigenvalue weighted by Crippen LogP contribution is 2.17. The van der Waals surface area contributed by atoms with Crippen molar-refractivity contribution in [3.63, 3.8) is 0 Å². The lowest BCUT2D eigenvalue weighted by molar-refractivity contribution is 0.135. The van der Waals surface area contributed by atoms with Crippen LogP contribution in [0.4, 0.5) is 4.79 Å². The Balaban J connectivity index is 2.04. The molecule has 1 aromatic heterocycles. The van der Waals surface area contributed by atoms with E-state index in [-0.39, 0.29) is 12.1 Å². The third-order valence-corrected chi connectivity index (χ3v) is 2.56. The Bertz CT molecular complexity index is 339. The average Bonchev–Trinajstić information content (AvgIpc) is 2.75. The van der Waals surface area contributed by atoms with Crippen molar-refractivity contribution in [2.45, 2.75) is 25.0 Å². The molecular formula is C8H13N5O2. The minimum Gasteiger partial charge on any atom is -0.465 e. The molecule has 0 spiro atoms. The Labute approximate surface area is 86.5 Å². The highest BCUT2D eigenvalue weighted by molar-refractivity contribution is 5.66. The topological polar surface area (TPSA) is 97.3 Å². The van der Waals surface area contributed by atoms with E-state index in [1.54, 1.807) is 11.0 Å². The fourth-order valence-electron chi connectivity index (χ4n) is 1.90. The number of hydrogen-bond donors (Lipinski definition) is 2. The summed E-state index contributed by atoms with van der Waals surface area (Å²) < 4.78 is 1.62. The maximum atomic E-state index is 10.9. The van der Waals surface area contributed by atoms with E-state index < -0.39 is 6.09 Å². The number of hydrogen-bond acceptors (Lipinski definition) is 4. The highest BCUT2D eigenvalue weighted by atomic mass is 16.4. The molecule has 0 aliphatic carbocycles. The standard InChI is InChI=1S/C8H13N5O2/c9-6-1-7(13(2-6)8(14)15)3-12-5-10-4-11-12/h4-7H,1-3,9H2,(H,14,15)/t6-,7+/m1/s1. The SMILES string of the molecule is N[C@@H]1C[C@@H](Cn2cncn2)N(C(=O)O)C1. The number of amides is 1. The van der Waals surface area contributed by atoms with Crippen LogP contribution in [0.25, 0.3) is 0 Å². The molecule has 82 valence electrons. The largest absolute Gasteiger partial charge is 0.465 e. The van der Waals surface area contributed by atoms with E-state index in [4.69, 9.17) is 10.8 Å². The van der Waals surface area contributed by atoms with Gasteiger partial charge >= 0.3 is 6.09 Å². The maximum Gasteiger partial charge on any atom is 0.407 e. The van der Waals surface area contributed by atoms with Crippen molar-refractivity contribution in [2.24, 2.45) is 5.73 Å². The zero-order chi connectivity index (χ0) is 10.8. The van der Waals surface area contributed by atoms with Gasteiger partial charge in [0.1, 0.15) is 12.7 Å². The number of aromatic nitrogens is 3. The molecule has 1 aliphatic heterocycles. The normalized spacial score (nSPS) is 25.8. The summed E-state index contributed by atoms with van der Waals surface area (Å²) in [5, 5.41) is 12.9. The molecule has 2 atom stereocenters. The molecule has 2 rings (SSSR count). The first-order valence-electron chi connectivity index (χ1n) is 4.74. The van der Waals surface area contributed by atoms with Gasteiger partial charge in [-0.2, -0.15) is 5.10 Å². The van der Waals surface area contributed by atoms with Gasteiger partial charge in [0.05, 0.1) is 12.6 Å². The summed E-state index contributed by atoms with van der Waals surface area (Å²) in [5.74, 6) is 0. The fourth-order valence-corrected chi connectivity index (χ4v) is 1.90. The molecule has 1 aliphatic rings. The Morgan fingerprint density at radius 2 is 2.47 bits per heavy atom. The van der Waals surface area contributed by atoms with Crippen LogP contribution in [0.15, 0.2) is 12.7 Å². The molecule has 0 unspecified atom stereocenters. The van der Waals surface area contributed by atoms with Crippen LogP contribution in [0.3, 0.4) is 0 Å². The van der Waals surface area contributed by atoms with Gasteiger partial charge in [-0.3, -0.25) is 4.68 Å². The van der Waals surface area contributed by atoms with E-state index >= 15 is 0 Å². The second-order valence-electron chi connectivity index (χ2n) is 3.70. The van der Waals surface area contributed by atoms with E-state index in [1.807, 2.05) is 0 Å². The molecule has 0 aromatic carbocycles. The van der Waals surface area contributed by atoms with E-state index in [1.165, 1.54) is 11.2 Å². The summed E-state index contributed by atoms with van der Waals surface area (Å²) >= 11 is 0. The van der Waals surface area contributed by atoms with Gasteiger partial charge in [0.2, 0.25) is 0 Å². The molecule has 7 heteroatoms. The minimum atomic E-state index is -0.923. The van der Waals surface area contributed by atoms with Gasteiger partial charge in [-0.15, -0.1) is 0 Å². The first-order valence-corrected chi connectivity index (χ1v) is 4.74. The first kappa shape index (κ1) is 9.91. The number of carbonyl (C=O) groups is 1. The Kier molecular flexibility index (Phi) is 2.55. The highest BCUT2D eigenvalue weighted by Gasteiger charge is 2.33. The van der Waals surface area contributed by atoms with Crippen molar-refractivity contribution < 1.29 is 9.90 Å². The van der Waals surface area contributed by atoms with Crippen LogP contribution in [-0.2, 0) is 6.54 Å². The van der Waals surface area contributed by atoms with Gasteiger partial charge in [-0.05, 0) is 6.42 Å². The van der Waals surface area contributed by atoms with Crippen LogP contribution < -0.4 is 5.73 Å². The van der Waals surface area contributed by atoms with Crippen LogP contribution in [0.5, 0.6) is 0 Å². The summed E-state index contributed by atoms with van der Waals surface area (Å²) in [6, 6.07) is -0.172. The second kappa shape index (κ2) is 3.85. The van der Waals surface area contributed by atoms with Crippen molar-refractivity contribution >= 4 is 6.09 Å². The molecule has 0 saturated carbocycles. The van der Waals surface area contributed by atoms with Crippen molar-refractivity contribution in [1.29, 1.82) is 0 Å². The van der Waals surface area contributed by atoms with E-state index in [0.717, 1.165) is 0 Å². The van der Waals surface area contributed by atoms with Crippen molar-refractivity contribution in [1.82, 2.24) is 19.7 Å². The van der Waals surface area contributed by atoms with Crippen LogP contribution in [0.2, 0.25) is 0 Å². The lowest BCUT2D eigenvalue weighted by atomic mass is 10.2. The third kappa shape index (κ3) is 2.07. The summed E-state index contributed by atoms with van der Waals surface area (Å²) in [5.41, 5.74) is 5.73. The Morgan fingerprint density at radius 1 is 1.67 bits per heavy atom. The monoisotopic (exact) mass is 211 g/mol. The van der Waals surface area contributed by atoms with Crippen LogP contribution >= 0.6 is 0 Å². The van der Waals surface area contributed by atoms with Gasteiger partial charge in [0.15, 0.2) is 0 Å². The molecule has 1 saturated heterocycles. The third-order valence-electron chi connectivity index (χ3n) is 2.56. The second-order valence-corrected chi connectivity index (χ2v) is 3.70. The zero-order valence-corrected chi connectivity index (χ0v) is 8.15. The fraction of sp³-hybridized carbons (Fsp3) is 0.625. The Morgan fingerprint density at radius 3 is 3.07 bits per heavy atom. The number of nitrogens with two attached hydrogens (primary N) is 1. The van der Waals surface area contributed by atoms with Gasteiger partial charge < -0.3 is 15.7 Å². The Hall–Kier alpha value is -1.63. The average molecular weight is 211 g/mol. The summed E-state index contributed by atoms with van der Waals surface area (Å²) in [6.07, 6.45) is 2.75. The molecule has 1 aromatic rings. The van der Waals surface area contributed by atoms with Crippen LogP contribution in [0, 0.1) is 0 Å². The predicted octanol–water partition coefficient (Wildman–Crippen LogP) is -0.642. The van der Waals surface area contributed by atoms with E-state index in [2.05, 4.69) is 10.1 Å². The van der Waals surface area contributed by atoms with E-state index in [0.29, 0.717) is 19.5 Å². The predicted molar refractivity (Wildman–Crippen MR) is 51.1 cm³/mol. The number of nitrogens with zero attached hydrogens (tertiary/aromatic N) is 4. The molecule has 1 amide bonds. The molecule has 0 bridgehead atoms. The molecule has 7 nitrogen and oxygen atoms in total. The van der Waals surface area contributed by atoms with Crippen LogP contribution in [-0.4, -0.2) is 49.5 Å². The van der Waals surface area contributed by atoms with Gasteiger partial charge in [0, 0.05) is 12.6 Å². The summed E-state index contributed by atoms with van der Waals surface area (Å²) in [6.45, 7) is 0.911. The molecular weight excluding hydrogens is 198 g/mol. The summed E-state index contributed by atoms with van der Waals surface area (Å²) in [7, 11) is 0. The van der Waals surface area contributed by atoms with Gasteiger partial charge in [-0.1, -0.05) is 0 Å². The molecule has 2 heterocycles. The van der Waals surface area contributed by atoms with Crippen LogP contribution in [0.1, 0.15) is 6.42 Å². The van der Waals surface area contributed by atoms with E-state index in [9.17, 15) is 4.79 Å². The number of carboxylic acid groups (broad SMARTS) is 1.